The van der Waals surface area contributed by atoms with Crippen molar-refractivity contribution < 1.29 is 46.3 Å². The van der Waals surface area contributed by atoms with Crippen LogP contribution in [0.2, 0.25) is 0 Å². The fourth-order valence-corrected chi connectivity index (χ4v) is 5.00. The van der Waals surface area contributed by atoms with Crippen LogP contribution in [0.5, 0.6) is 5.75 Å². The van der Waals surface area contributed by atoms with Gasteiger partial charge in [0.15, 0.2) is 11.7 Å². The molecule has 45 heavy (non-hydrogen) atoms. The van der Waals surface area contributed by atoms with Gasteiger partial charge in [0, 0.05) is 30.0 Å². The Balaban J connectivity index is 0.00000148. The second kappa shape index (κ2) is 13.9. The SMILES string of the molecule is CC1(C)[C@H](NC(=O)/C(=N\OCCOc2ccc3nc(NC4CNC4)ccc3c2)c2nsc(N)n2)C(=O)N1OS(=O)(=O)O.O=CO. The lowest BCUT2D eigenvalue weighted by Crippen LogP contribution is -2.76. The van der Waals surface area contributed by atoms with Gasteiger partial charge in [-0.15, -0.1) is 4.28 Å². The van der Waals surface area contributed by atoms with Crippen LogP contribution in [0.4, 0.5) is 10.9 Å². The number of hydrogen-bond donors (Lipinski definition) is 6. The van der Waals surface area contributed by atoms with Crippen molar-refractivity contribution in [3.8, 4) is 5.75 Å². The normalized spacial score (nSPS) is 17.8. The molecule has 2 aliphatic heterocycles. The number of anilines is 2. The Labute approximate surface area is 259 Å². The summed E-state index contributed by atoms with van der Waals surface area (Å²) in [6.45, 7) is 4.42. The van der Waals surface area contributed by atoms with Crippen molar-refractivity contribution in [2.24, 2.45) is 5.16 Å². The third kappa shape index (κ3) is 8.27. The zero-order valence-corrected chi connectivity index (χ0v) is 25.4. The number of hydrogen-bond acceptors (Lipinski definition) is 16. The molecule has 0 aliphatic carbocycles. The van der Waals surface area contributed by atoms with Crippen LogP contribution in [0.15, 0.2) is 35.5 Å². The van der Waals surface area contributed by atoms with E-state index >= 15 is 0 Å². The minimum atomic E-state index is -4.95. The molecule has 21 heteroatoms. The molecule has 4 heterocycles. The second-order valence-electron chi connectivity index (χ2n) is 9.93. The molecular formula is C24H29N9O10S2. The first kappa shape index (κ1) is 33.2. The second-order valence-corrected chi connectivity index (χ2v) is 11.7. The molecule has 0 saturated carbocycles. The van der Waals surface area contributed by atoms with Crippen LogP contribution in [0, 0.1) is 0 Å². The number of amides is 2. The average molecular weight is 668 g/mol. The first-order valence-corrected chi connectivity index (χ1v) is 15.2. The maximum atomic E-state index is 13.0. The molecule has 1 aromatic carbocycles. The summed E-state index contributed by atoms with van der Waals surface area (Å²) in [5.74, 6) is -0.569. The fourth-order valence-electron chi connectivity index (χ4n) is 4.12. The van der Waals surface area contributed by atoms with E-state index in [1.54, 1.807) is 6.07 Å². The largest absolute Gasteiger partial charge is 0.490 e. The molecule has 1 atom stereocenters. The van der Waals surface area contributed by atoms with Gasteiger partial charge in [-0.3, -0.25) is 18.9 Å². The molecule has 2 aromatic heterocycles. The number of carbonyl (C=O) groups excluding carboxylic acids is 2. The molecule has 5 rings (SSSR count). The zero-order valence-electron chi connectivity index (χ0n) is 23.7. The standard InChI is InChI=1S/C23H27N9O8S2.CH2O2/c1-23(2)18(21(34)32(23)40-42(35,36)37)28-20(33)17(19-29-22(24)41-31-19)30-39-8-7-38-14-4-5-15-12(9-14)3-6-16(27-15)26-13-10-25-11-13;2-1-3/h3-6,9,13,18,25H,7-8,10-11H2,1-2H3,(H,26,27)(H,28,33)(H2,24,29,31)(H,35,36,37);1H,(H,2,3)/b30-17-;/t18-;/m1./s1. The number of nitrogens with zero attached hydrogens (tertiary/aromatic N) is 5. The Morgan fingerprint density at radius 3 is 2.60 bits per heavy atom. The predicted octanol–water partition coefficient (Wildman–Crippen LogP) is -0.607. The van der Waals surface area contributed by atoms with Gasteiger partial charge >= 0.3 is 10.4 Å². The lowest BCUT2D eigenvalue weighted by atomic mass is 9.84. The van der Waals surface area contributed by atoms with Gasteiger partial charge in [-0.25, -0.2) is 4.98 Å². The number of rotatable bonds is 12. The minimum absolute atomic E-state index is 0.0607. The third-order valence-electron chi connectivity index (χ3n) is 6.38. The number of oxime groups is 1. The molecule has 0 spiro atoms. The van der Waals surface area contributed by atoms with E-state index in [0.717, 1.165) is 41.3 Å². The van der Waals surface area contributed by atoms with Gasteiger partial charge in [0.05, 0.1) is 17.1 Å². The predicted molar refractivity (Wildman–Crippen MR) is 159 cm³/mol. The molecule has 2 fully saturated rings. The van der Waals surface area contributed by atoms with E-state index in [2.05, 4.69) is 39.7 Å². The molecule has 2 aliphatic rings. The number of nitrogens with two attached hydrogens (primary N) is 1. The van der Waals surface area contributed by atoms with Crippen molar-refractivity contribution in [3.05, 3.63) is 36.2 Å². The van der Waals surface area contributed by atoms with Crippen molar-refractivity contribution in [2.45, 2.75) is 31.5 Å². The maximum Gasteiger partial charge on any atom is 0.418 e. The van der Waals surface area contributed by atoms with E-state index in [-0.39, 0.29) is 36.4 Å². The Hall–Kier alpha value is -4.70. The Bertz CT molecular complexity index is 1700. The zero-order chi connectivity index (χ0) is 32.8. The Morgan fingerprint density at radius 1 is 1.27 bits per heavy atom. The highest BCUT2D eigenvalue weighted by molar-refractivity contribution is 7.80. The molecule has 19 nitrogen and oxygen atoms in total. The number of pyridine rings is 1. The number of fused-ring (bicyclic) bond motifs is 1. The van der Waals surface area contributed by atoms with Crippen molar-refractivity contribution >= 4 is 67.8 Å². The molecule has 7 N–H and O–H groups in total. The summed E-state index contributed by atoms with van der Waals surface area (Å²) >= 11 is 0.819. The third-order valence-corrected chi connectivity index (χ3v) is 7.26. The molecule has 0 radical (unpaired) electrons. The number of nitrogen functional groups attached to an aromatic ring is 1. The van der Waals surface area contributed by atoms with Crippen LogP contribution >= 0.6 is 11.5 Å². The molecule has 3 aromatic rings. The summed E-state index contributed by atoms with van der Waals surface area (Å²) in [5, 5.41) is 21.1. The topological polar surface area (TPSA) is 270 Å². The van der Waals surface area contributed by atoms with Gasteiger partial charge in [0.25, 0.3) is 18.3 Å². The van der Waals surface area contributed by atoms with Crippen molar-refractivity contribution in [2.75, 3.05) is 37.4 Å². The minimum Gasteiger partial charge on any atom is -0.490 e. The van der Waals surface area contributed by atoms with Crippen LogP contribution in [-0.2, 0) is 33.9 Å². The molecular weight excluding hydrogens is 638 g/mol. The van der Waals surface area contributed by atoms with Crippen LogP contribution in [-0.4, -0.2) is 105 Å². The monoisotopic (exact) mass is 667 g/mol. The van der Waals surface area contributed by atoms with Crippen LogP contribution < -0.4 is 26.4 Å². The molecule has 2 amide bonds. The van der Waals surface area contributed by atoms with E-state index in [9.17, 15) is 18.0 Å². The lowest BCUT2D eigenvalue weighted by molar-refractivity contribution is -0.218. The van der Waals surface area contributed by atoms with Gasteiger partial charge in [-0.2, -0.15) is 22.8 Å². The molecule has 2 saturated heterocycles. The number of ether oxygens (including phenoxy) is 1. The van der Waals surface area contributed by atoms with Gasteiger partial charge in [0.2, 0.25) is 11.5 Å². The summed E-state index contributed by atoms with van der Waals surface area (Å²) in [6.07, 6.45) is 0. The van der Waals surface area contributed by atoms with Crippen molar-refractivity contribution in [3.63, 3.8) is 0 Å². The summed E-state index contributed by atoms with van der Waals surface area (Å²) in [7, 11) is -4.95. The van der Waals surface area contributed by atoms with E-state index in [1.165, 1.54) is 13.8 Å². The first-order valence-electron chi connectivity index (χ1n) is 13.0. The van der Waals surface area contributed by atoms with E-state index < -0.39 is 33.8 Å². The Kier molecular flexibility index (Phi) is 10.3. The molecule has 242 valence electrons. The molecule has 0 bridgehead atoms. The number of β-lactam (4-membered cyclic amide) rings is 1. The quantitative estimate of drug-likeness (QED) is 0.0351. The summed E-state index contributed by atoms with van der Waals surface area (Å²) in [4.78, 5) is 47.6. The highest BCUT2D eigenvalue weighted by Gasteiger charge is 2.58. The van der Waals surface area contributed by atoms with E-state index in [1.807, 2.05) is 24.3 Å². The number of carbonyl (C=O) groups is 3. The van der Waals surface area contributed by atoms with Crippen LogP contribution in [0.3, 0.4) is 0 Å². The summed E-state index contributed by atoms with van der Waals surface area (Å²) < 4.78 is 45.0. The number of nitrogens with one attached hydrogen (secondary N) is 3. The number of carboxylic acid groups (broad SMARTS) is 1. The van der Waals surface area contributed by atoms with E-state index in [0.29, 0.717) is 16.9 Å². The average Bonchev–Trinajstić information content (AvgIpc) is 3.39. The van der Waals surface area contributed by atoms with Crippen LogP contribution in [0.25, 0.3) is 10.9 Å². The van der Waals surface area contributed by atoms with Crippen LogP contribution in [0.1, 0.15) is 19.7 Å². The van der Waals surface area contributed by atoms with Gasteiger partial charge in [-0.1, -0.05) is 5.16 Å². The highest BCUT2D eigenvalue weighted by Crippen LogP contribution is 2.33. The lowest BCUT2D eigenvalue weighted by Gasteiger charge is -2.50. The summed E-state index contributed by atoms with van der Waals surface area (Å²) in [6, 6.07) is 8.48. The number of aromatic nitrogens is 3. The Morgan fingerprint density at radius 2 is 2.00 bits per heavy atom. The van der Waals surface area contributed by atoms with Gasteiger partial charge in [0.1, 0.15) is 24.2 Å². The highest BCUT2D eigenvalue weighted by atomic mass is 32.3. The summed E-state index contributed by atoms with van der Waals surface area (Å²) in [5.41, 5.74) is 4.75. The number of benzene rings is 1. The van der Waals surface area contributed by atoms with Crippen molar-refractivity contribution in [1.82, 2.24) is 30.0 Å². The fraction of sp³-hybridized carbons (Fsp3) is 0.375. The molecule has 0 unspecified atom stereocenters. The first-order chi connectivity index (χ1) is 21.3. The number of hydroxylamine groups is 2. The van der Waals surface area contributed by atoms with Crippen molar-refractivity contribution in [1.29, 1.82) is 0 Å². The van der Waals surface area contributed by atoms with Gasteiger partial charge < -0.3 is 36.4 Å². The maximum absolute atomic E-state index is 13.0. The van der Waals surface area contributed by atoms with Gasteiger partial charge in [-0.05, 0) is 44.2 Å². The van der Waals surface area contributed by atoms with E-state index in [4.69, 9.17) is 29.8 Å². The smallest absolute Gasteiger partial charge is 0.418 e.